The zero-order valence-electron chi connectivity index (χ0n) is 8.68. The maximum absolute atomic E-state index is 5.76. The van der Waals surface area contributed by atoms with Crippen molar-refractivity contribution in [2.45, 2.75) is 57.8 Å². The van der Waals surface area contributed by atoms with E-state index >= 15 is 0 Å². The Kier molecular flexibility index (Phi) is 3.13. The highest BCUT2D eigenvalue weighted by atomic mass is 16.5. The molecule has 0 aliphatic carbocycles. The van der Waals surface area contributed by atoms with E-state index in [1.165, 1.54) is 12.8 Å². The molecule has 0 saturated carbocycles. The van der Waals surface area contributed by atoms with Gasteiger partial charge in [0, 0.05) is 5.54 Å². The zero-order valence-corrected chi connectivity index (χ0v) is 8.68. The van der Waals surface area contributed by atoms with Crippen LogP contribution in [0.15, 0.2) is 0 Å². The molecular formula is C10H21NO. The maximum Gasteiger partial charge on any atom is 0.0597 e. The largest absolute Gasteiger partial charge is 0.375 e. The smallest absolute Gasteiger partial charge is 0.0597 e. The Morgan fingerprint density at radius 1 is 1.42 bits per heavy atom. The van der Waals surface area contributed by atoms with Gasteiger partial charge in [0.15, 0.2) is 0 Å². The fourth-order valence-corrected chi connectivity index (χ4v) is 1.71. The van der Waals surface area contributed by atoms with Gasteiger partial charge in [-0.3, -0.25) is 0 Å². The number of hydrogen-bond donors (Lipinski definition) is 1. The topological polar surface area (TPSA) is 21.3 Å². The number of nitrogens with one attached hydrogen (secondary N) is 1. The molecule has 2 heteroatoms. The summed E-state index contributed by atoms with van der Waals surface area (Å²) >= 11 is 0. The zero-order chi connectivity index (χ0) is 9.19. The first kappa shape index (κ1) is 10.0. The Morgan fingerprint density at radius 2 is 2.08 bits per heavy atom. The highest BCUT2D eigenvalue weighted by molar-refractivity contribution is 4.82. The van der Waals surface area contributed by atoms with Crippen molar-refractivity contribution in [3.63, 3.8) is 0 Å². The summed E-state index contributed by atoms with van der Waals surface area (Å²) in [5.74, 6) is 0. The minimum absolute atomic E-state index is 0.217. The summed E-state index contributed by atoms with van der Waals surface area (Å²) in [5, 5.41) is 3.30. The molecule has 12 heavy (non-hydrogen) atoms. The Hall–Kier alpha value is -0.0800. The van der Waals surface area contributed by atoms with Crippen LogP contribution in [-0.2, 0) is 4.74 Å². The molecule has 0 aromatic heterocycles. The molecule has 72 valence electrons. The quantitative estimate of drug-likeness (QED) is 0.700. The molecule has 1 aliphatic heterocycles. The standard InChI is InChI=1S/C10H21NO/c1-8-5-6-9(12-8)7-10(2,3)11-4/h8-9,11H,5-7H2,1-4H3/t8-,9?/m1/s1. The van der Waals surface area contributed by atoms with Gasteiger partial charge in [-0.1, -0.05) is 0 Å². The minimum Gasteiger partial charge on any atom is -0.375 e. The van der Waals surface area contributed by atoms with Gasteiger partial charge in [0.05, 0.1) is 12.2 Å². The molecule has 1 rings (SSSR count). The van der Waals surface area contributed by atoms with Gasteiger partial charge in [-0.15, -0.1) is 0 Å². The second-order valence-corrected chi connectivity index (χ2v) is 4.48. The first-order valence-corrected chi connectivity index (χ1v) is 4.88. The first-order chi connectivity index (χ1) is 5.53. The van der Waals surface area contributed by atoms with Gasteiger partial charge in [-0.05, 0) is 47.1 Å². The Balaban J connectivity index is 2.32. The van der Waals surface area contributed by atoms with Crippen LogP contribution in [0.2, 0.25) is 0 Å². The number of rotatable bonds is 3. The summed E-state index contributed by atoms with van der Waals surface area (Å²) in [5.41, 5.74) is 0.217. The molecule has 1 heterocycles. The Bertz CT molecular complexity index is 145. The van der Waals surface area contributed by atoms with Crippen LogP contribution < -0.4 is 5.32 Å². The lowest BCUT2D eigenvalue weighted by Gasteiger charge is -2.27. The lowest BCUT2D eigenvalue weighted by atomic mass is 9.96. The van der Waals surface area contributed by atoms with Crippen LogP contribution in [0.1, 0.15) is 40.0 Å². The molecule has 2 nitrogen and oxygen atoms in total. The van der Waals surface area contributed by atoms with Crippen LogP contribution in [0.5, 0.6) is 0 Å². The van der Waals surface area contributed by atoms with Crippen molar-refractivity contribution >= 4 is 0 Å². The van der Waals surface area contributed by atoms with E-state index in [0.29, 0.717) is 12.2 Å². The average Bonchev–Trinajstić information content (AvgIpc) is 2.35. The van der Waals surface area contributed by atoms with Gasteiger partial charge in [-0.25, -0.2) is 0 Å². The molecule has 0 bridgehead atoms. The van der Waals surface area contributed by atoms with Crippen LogP contribution in [-0.4, -0.2) is 24.8 Å². The molecule has 1 unspecified atom stereocenters. The van der Waals surface area contributed by atoms with E-state index < -0.39 is 0 Å². The van der Waals surface area contributed by atoms with E-state index in [2.05, 4.69) is 26.1 Å². The summed E-state index contributed by atoms with van der Waals surface area (Å²) < 4.78 is 5.76. The number of hydrogen-bond acceptors (Lipinski definition) is 2. The lowest BCUT2D eigenvalue weighted by Crippen LogP contribution is -2.39. The molecule has 1 aliphatic rings. The SMILES string of the molecule is CNC(C)(C)CC1CC[C@@H](C)O1. The van der Waals surface area contributed by atoms with E-state index in [1.807, 2.05) is 7.05 Å². The van der Waals surface area contributed by atoms with Gasteiger partial charge in [0.1, 0.15) is 0 Å². The highest BCUT2D eigenvalue weighted by Crippen LogP contribution is 2.25. The summed E-state index contributed by atoms with van der Waals surface area (Å²) in [6.45, 7) is 6.60. The third-order valence-corrected chi connectivity index (χ3v) is 2.73. The molecule has 1 fully saturated rings. The summed E-state index contributed by atoms with van der Waals surface area (Å²) in [4.78, 5) is 0. The molecular weight excluding hydrogens is 150 g/mol. The van der Waals surface area contributed by atoms with Gasteiger partial charge in [-0.2, -0.15) is 0 Å². The van der Waals surface area contributed by atoms with Crippen molar-refractivity contribution in [3.8, 4) is 0 Å². The normalized spacial score (nSPS) is 31.0. The van der Waals surface area contributed by atoms with E-state index in [1.54, 1.807) is 0 Å². The molecule has 0 aromatic rings. The lowest BCUT2D eigenvalue weighted by molar-refractivity contribution is 0.0370. The molecule has 1 N–H and O–H groups in total. The molecule has 1 saturated heterocycles. The highest BCUT2D eigenvalue weighted by Gasteiger charge is 2.27. The van der Waals surface area contributed by atoms with Crippen molar-refractivity contribution in [2.24, 2.45) is 0 Å². The summed E-state index contributed by atoms with van der Waals surface area (Å²) in [6.07, 6.45) is 4.52. The second kappa shape index (κ2) is 3.75. The average molecular weight is 171 g/mol. The third-order valence-electron chi connectivity index (χ3n) is 2.73. The number of ether oxygens (including phenoxy) is 1. The predicted octanol–water partition coefficient (Wildman–Crippen LogP) is 1.94. The van der Waals surface area contributed by atoms with Crippen LogP contribution in [0.25, 0.3) is 0 Å². The molecule has 0 amide bonds. The fraction of sp³-hybridized carbons (Fsp3) is 1.00. The van der Waals surface area contributed by atoms with Gasteiger partial charge >= 0.3 is 0 Å². The molecule has 2 atom stereocenters. The van der Waals surface area contributed by atoms with Crippen LogP contribution >= 0.6 is 0 Å². The Morgan fingerprint density at radius 3 is 2.50 bits per heavy atom. The Labute approximate surface area is 75.7 Å². The third kappa shape index (κ3) is 2.76. The second-order valence-electron chi connectivity index (χ2n) is 4.48. The van der Waals surface area contributed by atoms with Gasteiger partial charge in [0.2, 0.25) is 0 Å². The maximum atomic E-state index is 5.76. The molecule has 0 aromatic carbocycles. The van der Waals surface area contributed by atoms with Crippen molar-refractivity contribution in [2.75, 3.05) is 7.05 Å². The summed E-state index contributed by atoms with van der Waals surface area (Å²) in [7, 11) is 2.01. The minimum atomic E-state index is 0.217. The van der Waals surface area contributed by atoms with Crippen LogP contribution in [0.4, 0.5) is 0 Å². The van der Waals surface area contributed by atoms with Crippen molar-refractivity contribution in [3.05, 3.63) is 0 Å². The van der Waals surface area contributed by atoms with Gasteiger partial charge in [0.25, 0.3) is 0 Å². The van der Waals surface area contributed by atoms with Crippen molar-refractivity contribution in [1.82, 2.24) is 5.32 Å². The van der Waals surface area contributed by atoms with Crippen molar-refractivity contribution < 1.29 is 4.74 Å². The van der Waals surface area contributed by atoms with Crippen LogP contribution in [0.3, 0.4) is 0 Å². The van der Waals surface area contributed by atoms with Crippen molar-refractivity contribution in [1.29, 1.82) is 0 Å². The van der Waals surface area contributed by atoms with E-state index in [9.17, 15) is 0 Å². The van der Waals surface area contributed by atoms with Crippen LogP contribution in [0, 0.1) is 0 Å². The van der Waals surface area contributed by atoms with E-state index in [-0.39, 0.29) is 5.54 Å². The molecule has 0 spiro atoms. The first-order valence-electron chi connectivity index (χ1n) is 4.88. The van der Waals surface area contributed by atoms with E-state index in [4.69, 9.17) is 4.74 Å². The fourth-order valence-electron chi connectivity index (χ4n) is 1.71. The monoisotopic (exact) mass is 171 g/mol. The summed E-state index contributed by atoms with van der Waals surface area (Å²) in [6, 6.07) is 0. The predicted molar refractivity (Wildman–Crippen MR) is 51.3 cm³/mol. The van der Waals surface area contributed by atoms with E-state index in [0.717, 1.165) is 6.42 Å². The molecule has 0 radical (unpaired) electrons. The van der Waals surface area contributed by atoms with Gasteiger partial charge < -0.3 is 10.1 Å².